The number of carbonyl (C=O) groups is 1. The molecule has 1 aliphatic heterocycles. The molecule has 1 saturated heterocycles. The highest BCUT2D eigenvalue weighted by Crippen LogP contribution is 2.17. The number of hydrogen-bond donors (Lipinski definition) is 1. The molecule has 0 aromatic heterocycles. The molecule has 1 rings (SSSR count). The fourth-order valence-electron chi connectivity index (χ4n) is 1.21. The minimum absolute atomic E-state index is 0.0359. The number of ether oxygens (including phenoxy) is 1. The number of rotatable bonds is 4. The number of carbonyl (C=O) groups excluding carboxylic acids is 1. The van der Waals surface area contributed by atoms with E-state index in [-0.39, 0.29) is 12.2 Å². The van der Waals surface area contributed by atoms with Crippen molar-refractivity contribution in [3.8, 4) is 6.07 Å². The molecule has 1 atom stereocenters. The van der Waals surface area contributed by atoms with Crippen molar-refractivity contribution in [1.29, 1.82) is 5.26 Å². The van der Waals surface area contributed by atoms with E-state index in [1.165, 1.54) is 6.20 Å². The van der Waals surface area contributed by atoms with Gasteiger partial charge in [0.2, 0.25) is 0 Å². The Bertz CT molecular complexity index is 290. The molecule has 0 aromatic rings. The number of thioether (sulfide) groups is 1. The molecule has 1 fully saturated rings. The summed E-state index contributed by atoms with van der Waals surface area (Å²) in [6.07, 6.45) is 2.54. The second kappa shape index (κ2) is 6.36. The lowest BCUT2D eigenvalue weighted by atomic mass is 10.2. The molecule has 0 saturated carbocycles. The average Bonchev–Trinajstić information content (AvgIpc) is 2.72. The highest BCUT2D eigenvalue weighted by atomic mass is 32.2. The summed E-state index contributed by atoms with van der Waals surface area (Å²) < 4.78 is 4.74. The van der Waals surface area contributed by atoms with E-state index < -0.39 is 5.97 Å². The lowest BCUT2D eigenvalue weighted by Crippen LogP contribution is -2.24. The van der Waals surface area contributed by atoms with Crippen LogP contribution >= 0.6 is 11.8 Å². The predicted molar refractivity (Wildman–Crippen MR) is 59.2 cm³/mol. The molecule has 4 nitrogen and oxygen atoms in total. The molecule has 15 heavy (non-hydrogen) atoms. The van der Waals surface area contributed by atoms with Crippen molar-refractivity contribution in [1.82, 2.24) is 5.32 Å². The summed E-state index contributed by atoms with van der Waals surface area (Å²) in [6.45, 7) is 2.01. The fourth-order valence-corrected chi connectivity index (χ4v) is 2.38. The first-order valence-electron chi connectivity index (χ1n) is 4.89. The molecule has 1 heterocycles. The normalized spacial score (nSPS) is 20.8. The Labute approximate surface area is 93.7 Å². The third kappa shape index (κ3) is 3.84. The van der Waals surface area contributed by atoms with Crippen molar-refractivity contribution in [3.63, 3.8) is 0 Å². The Morgan fingerprint density at radius 2 is 2.60 bits per heavy atom. The van der Waals surface area contributed by atoms with Gasteiger partial charge in [0.05, 0.1) is 6.61 Å². The van der Waals surface area contributed by atoms with Gasteiger partial charge in [0.15, 0.2) is 5.57 Å². The van der Waals surface area contributed by atoms with E-state index in [2.05, 4.69) is 5.32 Å². The first kappa shape index (κ1) is 11.9. The summed E-state index contributed by atoms with van der Waals surface area (Å²) in [5, 5.41) is 11.8. The van der Waals surface area contributed by atoms with E-state index in [1.54, 1.807) is 6.92 Å². The summed E-state index contributed by atoms with van der Waals surface area (Å²) in [5.74, 6) is 1.60. The standard InChI is InChI=1S/C10H14N2O2S/c1-2-14-10(13)8(5-11)6-12-9-3-4-15-7-9/h6,9,12H,2-4,7H2,1H3. The molecule has 1 N–H and O–H groups in total. The molecule has 1 aliphatic rings. The Balaban J connectivity index is 2.46. The van der Waals surface area contributed by atoms with Crippen LogP contribution in [0.4, 0.5) is 0 Å². The maximum absolute atomic E-state index is 11.2. The van der Waals surface area contributed by atoms with E-state index >= 15 is 0 Å². The number of nitrogens with one attached hydrogen (secondary N) is 1. The van der Waals surface area contributed by atoms with Crippen LogP contribution in [0, 0.1) is 11.3 Å². The Morgan fingerprint density at radius 1 is 1.80 bits per heavy atom. The van der Waals surface area contributed by atoms with Crippen molar-refractivity contribution in [3.05, 3.63) is 11.8 Å². The molecule has 0 aromatic carbocycles. The van der Waals surface area contributed by atoms with E-state index in [9.17, 15) is 4.79 Å². The van der Waals surface area contributed by atoms with Crippen molar-refractivity contribution in [2.75, 3.05) is 18.1 Å². The van der Waals surface area contributed by atoms with Crippen LogP contribution in [0.3, 0.4) is 0 Å². The first-order valence-corrected chi connectivity index (χ1v) is 6.04. The van der Waals surface area contributed by atoms with Crippen molar-refractivity contribution < 1.29 is 9.53 Å². The van der Waals surface area contributed by atoms with Gasteiger partial charge in [-0.3, -0.25) is 0 Å². The molecule has 0 spiro atoms. The SMILES string of the molecule is CCOC(=O)C(C#N)=CNC1CCSC1. The van der Waals surface area contributed by atoms with Gasteiger partial charge in [-0.05, 0) is 19.1 Å². The van der Waals surface area contributed by atoms with Crippen molar-refractivity contribution in [2.24, 2.45) is 0 Å². The first-order chi connectivity index (χ1) is 7.27. The van der Waals surface area contributed by atoms with Gasteiger partial charge in [-0.25, -0.2) is 4.79 Å². The highest BCUT2D eigenvalue weighted by Gasteiger charge is 2.15. The minimum Gasteiger partial charge on any atom is -0.462 e. The molecular weight excluding hydrogens is 212 g/mol. The van der Waals surface area contributed by atoms with Gasteiger partial charge < -0.3 is 10.1 Å². The smallest absolute Gasteiger partial charge is 0.350 e. The zero-order chi connectivity index (χ0) is 11.1. The number of nitrogens with zero attached hydrogens (tertiary/aromatic N) is 1. The van der Waals surface area contributed by atoms with Crippen molar-refractivity contribution >= 4 is 17.7 Å². The molecule has 0 radical (unpaired) electrons. The van der Waals surface area contributed by atoms with Gasteiger partial charge in [-0.1, -0.05) is 0 Å². The van der Waals surface area contributed by atoms with E-state index in [0.29, 0.717) is 6.04 Å². The van der Waals surface area contributed by atoms with Crippen LogP contribution < -0.4 is 5.32 Å². The third-order valence-electron chi connectivity index (χ3n) is 2.01. The van der Waals surface area contributed by atoms with E-state index in [0.717, 1.165) is 17.9 Å². The summed E-state index contributed by atoms with van der Waals surface area (Å²) in [7, 11) is 0. The molecular formula is C10H14N2O2S. The highest BCUT2D eigenvalue weighted by molar-refractivity contribution is 7.99. The van der Waals surface area contributed by atoms with Gasteiger partial charge >= 0.3 is 5.97 Å². The predicted octanol–water partition coefficient (Wildman–Crippen LogP) is 1.05. The Morgan fingerprint density at radius 3 is 3.13 bits per heavy atom. The molecule has 82 valence electrons. The summed E-state index contributed by atoms with van der Waals surface area (Å²) in [6, 6.07) is 2.20. The zero-order valence-corrected chi connectivity index (χ0v) is 9.47. The van der Waals surface area contributed by atoms with Crippen LogP contribution in [-0.4, -0.2) is 30.1 Å². The molecule has 5 heteroatoms. The van der Waals surface area contributed by atoms with E-state index in [1.807, 2.05) is 17.8 Å². The number of esters is 1. The molecule has 1 unspecified atom stereocenters. The van der Waals surface area contributed by atoms with Crippen LogP contribution in [0.2, 0.25) is 0 Å². The molecule has 0 aliphatic carbocycles. The maximum Gasteiger partial charge on any atom is 0.350 e. The number of hydrogen-bond acceptors (Lipinski definition) is 5. The zero-order valence-electron chi connectivity index (χ0n) is 8.66. The topological polar surface area (TPSA) is 62.1 Å². The Hall–Kier alpha value is -1.15. The van der Waals surface area contributed by atoms with Crippen molar-refractivity contribution in [2.45, 2.75) is 19.4 Å². The van der Waals surface area contributed by atoms with Gasteiger partial charge in [-0.15, -0.1) is 0 Å². The second-order valence-electron chi connectivity index (χ2n) is 3.12. The molecule has 0 amide bonds. The van der Waals surface area contributed by atoms with Gasteiger partial charge in [0.1, 0.15) is 6.07 Å². The lowest BCUT2D eigenvalue weighted by Gasteiger charge is -2.08. The van der Waals surface area contributed by atoms with Crippen LogP contribution in [0.1, 0.15) is 13.3 Å². The van der Waals surface area contributed by atoms with Gasteiger partial charge in [0.25, 0.3) is 0 Å². The van der Waals surface area contributed by atoms with Crippen LogP contribution in [0.25, 0.3) is 0 Å². The summed E-state index contributed by atoms with van der Waals surface area (Å²) in [4.78, 5) is 11.2. The Kier molecular flexibility index (Phi) is 5.05. The van der Waals surface area contributed by atoms with Gasteiger partial charge in [-0.2, -0.15) is 17.0 Å². The summed E-state index contributed by atoms with van der Waals surface area (Å²) >= 11 is 1.87. The summed E-state index contributed by atoms with van der Waals surface area (Å²) in [5.41, 5.74) is 0.0359. The number of nitriles is 1. The monoisotopic (exact) mass is 226 g/mol. The minimum atomic E-state index is -0.557. The quantitative estimate of drug-likeness (QED) is 0.441. The third-order valence-corrected chi connectivity index (χ3v) is 3.17. The second-order valence-corrected chi connectivity index (χ2v) is 4.27. The molecule has 0 bridgehead atoms. The fraction of sp³-hybridized carbons (Fsp3) is 0.600. The van der Waals surface area contributed by atoms with Crippen LogP contribution in [0.5, 0.6) is 0 Å². The van der Waals surface area contributed by atoms with E-state index in [4.69, 9.17) is 10.00 Å². The van der Waals surface area contributed by atoms with Gasteiger partial charge in [0, 0.05) is 18.0 Å². The maximum atomic E-state index is 11.2. The lowest BCUT2D eigenvalue weighted by molar-refractivity contribution is -0.138. The average molecular weight is 226 g/mol. The largest absolute Gasteiger partial charge is 0.462 e. The van der Waals surface area contributed by atoms with Crippen LogP contribution in [0.15, 0.2) is 11.8 Å². The van der Waals surface area contributed by atoms with Crippen LogP contribution in [-0.2, 0) is 9.53 Å².